The molecule has 0 bridgehead atoms. The molecule has 1 aromatic rings. The summed E-state index contributed by atoms with van der Waals surface area (Å²) in [5, 5.41) is 0. The van der Waals surface area contributed by atoms with Crippen LogP contribution < -0.4 is 0 Å². The summed E-state index contributed by atoms with van der Waals surface area (Å²) in [6.07, 6.45) is 0. The normalized spacial score (nSPS) is 11.4. The summed E-state index contributed by atoms with van der Waals surface area (Å²) in [6.45, 7) is 8.38. The van der Waals surface area contributed by atoms with Crippen molar-refractivity contribution in [2.75, 3.05) is 26.8 Å². The van der Waals surface area contributed by atoms with Gasteiger partial charge in [0.1, 0.15) is 0 Å². The lowest BCUT2D eigenvalue weighted by molar-refractivity contribution is 0.136. The molecule has 0 amide bonds. The van der Waals surface area contributed by atoms with Gasteiger partial charge in [0, 0.05) is 31.2 Å². The van der Waals surface area contributed by atoms with Gasteiger partial charge < -0.3 is 4.74 Å². The first kappa shape index (κ1) is 14.7. The van der Waals surface area contributed by atoms with Gasteiger partial charge in [0.2, 0.25) is 0 Å². The van der Waals surface area contributed by atoms with Crippen molar-refractivity contribution >= 4 is 15.9 Å². The summed E-state index contributed by atoms with van der Waals surface area (Å²) >= 11 is 3.51. The van der Waals surface area contributed by atoms with Crippen molar-refractivity contribution in [3.8, 4) is 0 Å². The summed E-state index contributed by atoms with van der Waals surface area (Å²) in [6, 6.07) is 8.50. The number of hydrogen-bond acceptors (Lipinski definition) is 2. The van der Waals surface area contributed by atoms with Crippen molar-refractivity contribution in [1.29, 1.82) is 0 Å². The zero-order valence-corrected chi connectivity index (χ0v) is 12.5. The first-order valence-corrected chi connectivity index (χ1v) is 6.87. The molecule has 0 saturated carbocycles. The Bertz CT molecular complexity index is 328. The molecule has 0 atom stereocenters. The van der Waals surface area contributed by atoms with Crippen molar-refractivity contribution in [3.05, 3.63) is 34.3 Å². The molecule has 0 aliphatic heterocycles. The Balaban J connectivity index is 2.58. The van der Waals surface area contributed by atoms with Crippen LogP contribution >= 0.6 is 15.9 Å². The summed E-state index contributed by atoms with van der Waals surface area (Å²) in [5.74, 6) is 0.680. The monoisotopic (exact) mass is 299 g/mol. The second-order valence-electron chi connectivity index (χ2n) is 4.75. The number of ether oxygens (including phenoxy) is 1. The fourth-order valence-corrected chi connectivity index (χ4v) is 2.31. The van der Waals surface area contributed by atoms with Crippen molar-refractivity contribution in [2.45, 2.75) is 20.4 Å². The van der Waals surface area contributed by atoms with Gasteiger partial charge in [-0.25, -0.2) is 0 Å². The Morgan fingerprint density at radius 2 is 2.12 bits per heavy atom. The van der Waals surface area contributed by atoms with Gasteiger partial charge in [-0.2, -0.15) is 0 Å². The summed E-state index contributed by atoms with van der Waals surface area (Å²) in [5.41, 5.74) is 1.34. The van der Waals surface area contributed by atoms with Crippen LogP contribution in [0.2, 0.25) is 0 Å². The first-order chi connectivity index (χ1) is 8.11. The molecule has 0 heterocycles. The highest BCUT2D eigenvalue weighted by molar-refractivity contribution is 9.10. The van der Waals surface area contributed by atoms with Crippen LogP contribution in [-0.4, -0.2) is 31.7 Å². The summed E-state index contributed by atoms with van der Waals surface area (Å²) < 4.78 is 6.31. The van der Waals surface area contributed by atoms with Crippen LogP contribution in [0.3, 0.4) is 0 Å². The van der Waals surface area contributed by atoms with Crippen LogP contribution in [0.5, 0.6) is 0 Å². The van der Waals surface area contributed by atoms with Gasteiger partial charge in [0.25, 0.3) is 0 Å². The molecule has 2 nitrogen and oxygen atoms in total. The van der Waals surface area contributed by atoms with Gasteiger partial charge in [-0.15, -0.1) is 0 Å². The van der Waals surface area contributed by atoms with Gasteiger partial charge >= 0.3 is 0 Å². The lowest BCUT2D eigenvalue weighted by Crippen LogP contribution is -2.30. The zero-order chi connectivity index (χ0) is 12.7. The minimum atomic E-state index is 0.680. The number of rotatable bonds is 7. The molecule has 96 valence electrons. The maximum atomic E-state index is 5.16. The van der Waals surface area contributed by atoms with Crippen LogP contribution in [0, 0.1) is 5.92 Å². The summed E-state index contributed by atoms with van der Waals surface area (Å²) in [4.78, 5) is 2.44. The maximum Gasteiger partial charge on any atom is 0.0589 e. The minimum Gasteiger partial charge on any atom is -0.383 e. The summed E-state index contributed by atoms with van der Waals surface area (Å²) in [7, 11) is 1.76. The van der Waals surface area contributed by atoms with E-state index in [0.717, 1.165) is 30.7 Å². The fraction of sp³-hybridized carbons (Fsp3) is 0.571. The lowest BCUT2D eigenvalue weighted by atomic mass is 10.1. The van der Waals surface area contributed by atoms with Gasteiger partial charge in [0.05, 0.1) is 6.61 Å². The van der Waals surface area contributed by atoms with Crippen LogP contribution in [0.4, 0.5) is 0 Å². The van der Waals surface area contributed by atoms with Crippen molar-refractivity contribution < 1.29 is 4.74 Å². The molecule has 0 spiro atoms. The Morgan fingerprint density at radius 1 is 1.35 bits per heavy atom. The molecule has 1 rings (SSSR count). The van der Waals surface area contributed by atoms with Gasteiger partial charge in [-0.1, -0.05) is 41.9 Å². The molecule has 0 saturated heterocycles. The van der Waals surface area contributed by atoms with E-state index in [9.17, 15) is 0 Å². The highest BCUT2D eigenvalue weighted by Gasteiger charge is 2.08. The number of halogens is 1. The standard InChI is InChI=1S/C14H22BrNO/c1-12(2)10-16(7-8-17-3)11-13-5-4-6-14(15)9-13/h4-6,9,12H,7-8,10-11H2,1-3H3. The Hall–Kier alpha value is -0.380. The molecule has 1 aromatic carbocycles. The molecule has 0 aliphatic rings. The van der Waals surface area contributed by atoms with Crippen molar-refractivity contribution in [3.63, 3.8) is 0 Å². The number of benzene rings is 1. The van der Waals surface area contributed by atoms with E-state index in [4.69, 9.17) is 4.74 Å². The number of methoxy groups -OCH3 is 1. The zero-order valence-electron chi connectivity index (χ0n) is 10.9. The Labute approximate surface area is 113 Å². The van der Waals surface area contributed by atoms with Crippen LogP contribution in [-0.2, 0) is 11.3 Å². The molecule has 0 aliphatic carbocycles. The average Bonchev–Trinajstić information content (AvgIpc) is 2.25. The molecule has 0 radical (unpaired) electrons. The SMILES string of the molecule is COCCN(Cc1cccc(Br)c1)CC(C)C. The second-order valence-corrected chi connectivity index (χ2v) is 5.67. The molecule has 0 aromatic heterocycles. The number of nitrogens with zero attached hydrogens (tertiary/aromatic N) is 1. The maximum absolute atomic E-state index is 5.16. The van der Waals surface area contributed by atoms with E-state index in [2.05, 4.69) is 58.9 Å². The molecule has 0 unspecified atom stereocenters. The molecule has 0 N–H and O–H groups in total. The quantitative estimate of drug-likeness (QED) is 0.763. The van der Waals surface area contributed by atoms with Crippen molar-refractivity contribution in [1.82, 2.24) is 4.90 Å². The third-order valence-electron chi connectivity index (χ3n) is 2.53. The lowest BCUT2D eigenvalue weighted by Gasteiger charge is -2.24. The molecular weight excluding hydrogens is 278 g/mol. The van der Waals surface area contributed by atoms with E-state index >= 15 is 0 Å². The number of hydrogen-bond donors (Lipinski definition) is 0. The smallest absolute Gasteiger partial charge is 0.0589 e. The van der Waals surface area contributed by atoms with Crippen molar-refractivity contribution in [2.24, 2.45) is 5.92 Å². The highest BCUT2D eigenvalue weighted by atomic mass is 79.9. The van der Waals surface area contributed by atoms with Crippen LogP contribution in [0.15, 0.2) is 28.7 Å². The molecule has 3 heteroatoms. The minimum absolute atomic E-state index is 0.680. The third-order valence-corrected chi connectivity index (χ3v) is 3.02. The van der Waals surface area contributed by atoms with Gasteiger partial charge in [-0.05, 0) is 23.6 Å². The average molecular weight is 300 g/mol. The van der Waals surface area contributed by atoms with E-state index in [0.29, 0.717) is 5.92 Å². The van der Waals surface area contributed by atoms with E-state index in [1.165, 1.54) is 5.56 Å². The van der Waals surface area contributed by atoms with E-state index in [1.807, 2.05) is 0 Å². The predicted molar refractivity (Wildman–Crippen MR) is 76.1 cm³/mol. The van der Waals surface area contributed by atoms with E-state index in [-0.39, 0.29) is 0 Å². The van der Waals surface area contributed by atoms with Crippen LogP contribution in [0.25, 0.3) is 0 Å². The Morgan fingerprint density at radius 3 is 2.71 bits per heavy atom. The highest BCUT2D eigenvalue weighted by Crippen LogP contribution is 2.14. The van der Waals surface area contributed by atoms with Gasteiger partial charge in [-0.3, -0.25) is 4.90 Å². The molecule has 17 heavy (non-hydrogen) atoms. The largest absolute Gasteiger partial charge is 0.383 e. The predicted octanol–water partition coefficient (Wildman–Crippen LogP) is 3.55. The fourth-order valence-electron chi connectivity index (χ4n) is 1.87. The van der Waals surface area contributed by atoms with Gasteiger partial charge in [0.15, 0.2) is 0 Å². The van der Waals surface area contributed by atoms with E-state index < -0.39 is 0 Å². The Kier molecular flexibility index (Phi) is 6.78. The second kappa shape index (κ2) is 7.85. The molecule has 0 fully saturated rings. The topological polar surface area (TPSA) is 12.5 Å². The van der Waals surface area contributed by atoms with E-state index in [1.54, 1.807) is 7.11 Å². The first-order valence-electron chi connectivity index (χ1n) is 6.07. The molecular formula is C14H22BrNO. The van der Waals surface area contributed by atoms with Crippen LogP contribution in [0.1, 0.15) is 19.4 Å². The third kappa shape index (κ3) is 6.20.